The van der Waals surface area contributed by atoms with Crippen molar-refractivity contribution in [3.8, 4) is 0 Å². The van der Waals surface area contributed by atoms with E-state index in [0.29, 0.717) is 16.7 Å². The van der Waals surface area contributed by atoms with Crippen molar-refractivity contribution in [2.24, 2.45) is 5.92 Å². The van der Waals surface area contributed by atoms with E-state index in [0.717, 1.165) is 24.7 Å². The molecule has 0 atom stereocenters. The van der Waals surface area contributed by atoms with Crippen LogP contribution in [0.5, 0.6) is 0 Å². The Bertz CT molecular complexity index is 912. The van der Waals surface area contributed by atoms with Crippen LogP contribution in [0.15, 0.2) is 54.7 Å². The van der Waals surface area contributed by atoms with Gasteiger partial charge >= 0.3 is 0 Å². The van der Waals surface area contributed by atoms with E-state index in [1.54, 1.807) is 24.4 Å². The van der Waals surface area contributed by atoms with E-state index in [1.807, 2.05) is 18.2 Å². The number of fused-ring (bicyclic) bond motifs is 1. The SMILES string of the molecule is O=C1NC(=O)c2ccccc2C1=CNc1ccc(CNCC2CCCCC2)cc1. The Kier molecular flexibility index (Phi) is 6.06. The molecule has 0 saturated heterocycles. The van der Waals surface area contributed by atoms with Crippen molar-refractivity contribution in [1.29, 1.82) is 0 Å². The number of imide groups is 1. The topological polar surface area (TPSA) is 70.2 Å². The number of hydrogen-bond donors (Lipinski definition) is 3. The van der Waals surface area contributed by atoms with Crippen LogP contribution < -0.4 is 16.0 Å². The van der Waals surface area contributed by atoms with Crippen molar-refractivity contribution < 1.29 is 9.59 Å². The molecule has 1 fully saturated rings. The van der Waals surface area contributed by atoms with Crippen molar-refractivity contribution in [1.82, 2.24) is 10.6 Å². The summed E-state index contributed by atoms with van der Waals surface area (Å²) in [6.45, 7) is 1.97. The molecule has 1 saturated carbocycles. The van der Waals surface area contributed by atoms with Crippen LogP contribution >= 0.6 is 0 Å². The lowest BCUT2D eigenvalue weighted by molar-refractivity contribution is -0.114. The summed E-state index contributed by atoms with van der Waals surface area (Å²) in [7, 11) is 0. The number of rotatable bonds is 6. The van der Waals surface area contributed by atoms with Gasteiger partial charge in [0.1, 0.15) is 0 Å². The van der Waals surface area contributed by atoms with Gasteiger partial charge in [0.25, 0.3) is 11.8 Å². The fraction of sp³-hybridized carbons (Fsp3) is 0.333. The predicted octanol–water partition coefficient (Wildman–Crippen LogP) is 4.08. The van der Waals surface area contributed by atoms with Crippen LogP contribution in [0.1, 0.15) is 53.6 Å². The molecule has 0 radical (unpaired) electrons. The van der Waals surface area contributed by atoms with Gasteiger partial charge in [-0.25, -0.2) is 0 Å². The molecule has 0 unspecified atom stereocenters. The van der Waals surface area contributed by atoms with Crippen LogP contribution in [0.4, 0.5) is 5.69 Å². The molecule has 1 heterocycles. The monoisotopic (exact) mass is 389 g/mol. The molecule has 2 aromatic rings. The van der Waals surface area contributed by atoms with Gasteiger partial charge in [-0.2, -0.15) is 0 Å². The first-order valence-electron chi connectivity index (χ1n) is 10.4. The molecule has 5 nitrogen and oxygen atoms in total. The minimum atomic E-state index is -0.385. The van der Waals surface area contributed by atoms with E-state index >= 15 is 0 Å². The number of nitrogens with one attached hydrogen (secondary N) is 3. The number of anilines is 1. The smallest absolute Gasteiger partial charge is 0.260 e. The standard InChI is InChI=1S/C24H27N3O2/c28-23-21-9-5-4-8-20(21)22(24(29)27-23)16-26-19-12-10-18(11-13-19)15-25-14-17-6-2-1-3-7-17/h4-5,8-13,16-17,25-26H,1-3,6-7,14-15H2,(H,27,28,29). The second-order valence-corrected chi connectivity index (χ2v) is 7.86. The van der Waals surface area contributed by atoms with E-state index in [9.17, 15) is 9.59 Å². The second kappa shape index (κ2) is 9.05. The molecule has 2 aromatic carbocycles. The van der Waals surface area contributed by atoms with Gasteiger partial charge < -0.3 is 10.6 Å². The molecular weight excluding hydrogens is 362 g/mol. The predicted molar refractivity (Wildman–Crippen MR) is 115 cm³/mol. The molecule has 5 heteroatoms. The van der Waals surface area contributed by atoms with Crippen LogP contribution in [0, 0.1) is 5.92 Å². The summed E-state index contributed by atoms with van der Waals surface area (Å²) in [5, 5.41) is 9.15. The van der Waals surface area contributed by atoms with Gasteiger partial charge in [0.2, 0.25) is 0 Å². The van der Waals surface area contributed by atoms with Gasteiger partial charge in [0.05, 0.1) is 5.57 Å². The van der Waals surface area contributed by atoms with E-state index in [1.165, 1.54) is 37.7 Å². The first kappa shape index (κ1) is 19.4. The lowest BCUT2D eigenvalue weighted by atomic mass is 9.89. The van der Waals surface area contributed by atoms with E-state index in [-0.39, 0.29) is 11.8 Å². The summed E-state index contributed by atoms with van der Waals surface area (Å²) in [6.07, 6.45) is 8.51. The first-order chi connectivity index (χ1) is 14.2. The number of carbonyl (C=O) groups excluding carboxylic acids is 2. The molecule has 2 amide bonds. The van der Waals surface area contributed by atoms with Crippen molar-refractivity contribution in [3.05, 3.63) is 71.4 Å². The first-order valence-corrected chi connectivity index (χ1v) is 10.4. The van der Waals surface area contributed by atoms with Crippen LogP contribution in [0.2, 0.25) is 0 Å². The summed E-state index contributed by atoms with van der Waals surface area (Å²) in [6, 6.07) is 15.3. The quantitative estimate of drug-likeness (QED) is 0.514. The zero-order chi connectivity index (χ0) is 20.1. The number of amides is 2. The molecule has 0 spiro atoms. The normalized spacial score (nSPS) is 18.4. The maximum atomic E-state index is 12.2. The lowest BCUT2D eigenvalue weighted by Gasteiger charge is -2.21. The Balaban J connectivity index is 1.36. The minimum Gasteiger partial charge on any atom is -0.361 e. The number of benzene rings is 2. The Hall–Kier alpha value is -2.92. The van der Waals surface area contributed by atoms with Gasteiger partial charge in [0.15, 0.2) is 0 Å². The third-order valence-corrected chi connectivity index (χ3v) is 5.76. The fourth-order valence-electron chi connectivity index (χ4n) is 4.11. The second-order valence-electron chi connectivity index (χ2n) is 7.86. The Morgan fingerprint density at radius 2 is 1.62 bits per heavy atom. The summed E-state index contributed by atoms with van der Waals surface area (Å²) in [5.74, 6) is 0.0882. The molecule has 29 heavy (non-hydrogen) atoms. The highest BCUT2D eigenvalue weighted by molar-refractivity contribution is 6.31. The average molecular weight is 389 g/mol. The Morgan fingerprint density at radius 1 is 0.897 bits per heavy atom. The van der Waals surface area contributed by atoms with Gasteiger partial charge in [-0.1, -0.05) is 49.6 Å². The van der Waals surface area contributed by atoms with Crippen LogP contribution in [-0.2, 0) is 11.3 Å². The molecular formula is C24H27N3O2. The summed E-state index contributed by atoms with van der Waals surface area (Å²) in [5.41, 5.74) is 3.76. The maximum absolute atomic E-state index is 12.2. The average Bonchev–Trinajstić information content (AvgIpc) is 2.75. The van der Waals surface area contributed by atoms with Gasteiger partial charge in [-0.15, -0.1) is 0 Å². The largest absolute Gasteiger partial charge is 0.361 e. The highest BCUT2D eigenvalue weighted by Gasteiger charge is 2.26. The Morgan fingerprint density at radius 3 is 2.38 bits per heavy atom. The van der Waals surface area contributed by atoms with Gasteiger partial charge in [-0.05, 0) is 49.1 Å². The highest BCUT2D eigenvalue weighted by atomic mass is 16.2. The third-order valence-electron chi connectivity index (χ3n) is 5.76. The molecule has 2 aliphatic rings. The van der Waals surface area contributed by atoms with Gasteiger partial charge in [-0.3, -0.25) is 14.9 Å². The third kappa shape index (κ3) is 4.74. The molecule has 150 valence electrons. The Labute approximate surface area is 171 Å². The van der Waals surface area contributed by atoms with Crippen molar-refractivity contribution in [3.63, 3.8) is 0 Å². The van der Waals surface area contributed by atoms with E-state index in [2.05, 4.69) is 28.1 Å². The summed E-state index contributed by atoms with van der Waals surface area (Å²) < 4.78 is 0. The number of hydrogen-bond acceptors (Lipinski definition) is 4. The van der Waals surface area contributed by atoms with Crippen molar-refractivity contribution >= 4 is 23.1 Å². The van der Waals surface area contributed by atoms with Crippen LogP contribution in [-0.4, -0.2) is 18.4 Å². The van der Waals surface area contributed by atoms with Crippen molar-refractivity contribution in [2.45, 2.75) is 38.6 Å². The molecule has 1 aliphatic heterocycles. The van der Waals surface area contributed by atoms with Crippen LogP contribution in [0.3, 0.4) is 0 Å². The summed E-state index contributed by atoms with van der Waals surface area (Å²) >= 11 is 0. The van der Waals surface area contributed by atoms with Gasteiger partial charge in [0, 0.05) is 29.6 Å². The molecule has 0 bridgehead atoms. The minimum absolute atomic E-state index is 0.354. The zero-order valence-electron chi connectivity index (χ0n) is 16.5. The molecule has 4 rings (SSSR count). The zero-order valence-corrected chi connectivity index (χ0v) is 16.5. The van der Waals surface area contributed by atoms with Crippen LogP contribution in [0.25, 0.3) is 5.57 Å². The lowest BCUT2D eigenvalue weighted by Crippen LogP contribution is -2.36. The molecule has 0 aromatic heterocycles. The molecule has 3 N–H and O–H groups in total. The van der Waals surface area contributed by atoms with E-state index in [4.69, 9.17) is 0 Å². The fourth-order valence-corrected chi connectivity index (χ4v) is 4.11. The molecule has 1 aliphatic carbocycles. The van der Waals surface area contributed by atoms with Crippen molar-refractivity contribution in [2.75, 3.05) is 11.9 Å². The highest BCUT2D eigenvalue weighted by Crippen LogP contribution is 2.24. The number of carbonyl (C=O) groups is 2. The summed E-state index contributed by atoms with van der Waals surface area (Å²) in [4.78, 5) is 24.2. The maximum Gasteiger partial charge on any atom is 0.260 e. The van der Waals surface area contributed by atoms with E-state index < -0.39 is 0 Å².